The van der Waals surface area contributed by atoms with Crippen molar-refractivity contribution < 1.29 is 48.7 Å². The van der Waals surface area contributed by atoms with E-state index in [1.54, 1.807) is 30.3 Å². The van der Waals surface area contributed by atoms with Crippen LogP contribution in [0, 0.1) is 0 Å². The fraction of sp³-hybridized carbons (Fsp3) is 0. The van der Waals surface area contributed by atoms with Crippen molar-refractivity contribution in [2.45, 2.75) is 4.90 Å². The van der Waals surface area contributed by atoms with Crippen LogP contribution >= 0.6 is 0 Å². The van der Waals surface area contributed by atoms with Gasteiger partial charge in [-0.05, 0) is 16.8 Å². The molecule has 0 atom stereocenters. The van der Waals surface area contributed by atoms with Crippen molar-refractivity contribution >= 4 is 27.2 Å². The Labute approximate surface area is 122 Å². The average molecular weight is 260 g/mol. The summed E-state index contributed by atoms with van der Waals surface area (Å²) in [7, 11) is -4.37. The Kier molecular flexibility index (Phi) is 4.46. The molecule has 0 fully saturated rings. The normalized spacial score (nSPS) is 10.9. The Bertz CT molecular complexity index is 670. The molecule has 2 aromatic rings. The summed E-state index contributed by atoms with van der Waals surface area (Å²) in [4.78, 5) is 10.6. The Balaban J connectivity index is 0.00000144. The van der Waals surface area contributed by atoms with Gasteiger partial charge in [0.1, 0.15) is 4.90 Å². The van der Waals surface area contributed by atoms with Crippen molar-refractivity contribution in [3.05, 3.63) is 42.0 Å². The van der Waals surface area contributed by atoms with Crippen LogP contribution in [0.1, 0.15) is 11.8 Å². The minimum atomic E-state index is -4.37. The second-order valence-electron chi connectivity index (χ2n) is 3.29. The van der Waals surface area contributed by atoms with Gasteiger partial charge in [-0.25, -0.2) is 0 Å². The van der Waals surface area contributed by atoms with Gasteiger partial charge in [0.2, 0.25) is 0 Å². The van der Waals surface area contributed by atoms with Gasteiger partial charge in [-0.1, -0.05) is 30.3 Å². The Hall–Kier alpha value is -0.720. The van der Waals surface area contributed by atoms with Crippen LogP contribution in [0.5, 0.6) is 0 Å². The standard InChI is InChI=1S/C11H8O4S.Na.H/c12-7-10-9-4-2-1-3-8(9)5-6-11(10)16(13,14)15;;/h1-7H,(H,13,14,15);;/q;+1;-1. The molecule has 0 aliphatic rings. The minimum Gasteiger partial charge on any atom is -1.00 e. The van der Waals surface area contributed by atoms with E-state index in [4.69, 9.17) is 4.55 Å². The van der Waals surface area contributed by atoms with Gasteiger partial charge in [0.15, 0.2) is 6.29 Å². The molecule has 0 spiro atoms. The number of benzene rings is 2. The van der Waals surface area contributed by atoms with Crippen LogP contribution in [-0.2, 0) is 10.1 Å². The molecular weight excluding hydrogens is 251 g/mol. The second-order valence-corrected chi connectivity index (χ2v) is 4.68. The molecule has 1 N–H and O–H groups in total. The third kappa shape index (κ3) is 2.75. The Morgan fingerprint density at radius 1 is 1.12 bits per heavy atom. The first-order valence-electron chi connectivity index (χ1n) is 4.48. The van der Waals surface area contributed by atoms with E-state index in [2.05, 4.69) is 0 Å². The predicted molar refractivity (Wildman–Crippen MR) is 60.3 cm³/mol. The van der Waals surface area contributed by atoms with E-state index in [-0.39, 0.29) is 41.4 Å². The molecule has 0 amide bonds. The molecule has 0 heterocycles. The molecule has 4 nitrogen and oxygen atoms in total. The molecule has 0 radical (unpaired) electrons. The molecule has 0 aliphatic carbocycles. The number of aldehydes is 1. The van der Waals surface area contributed by atoms with Gasteiger partial charge in [-0.3, -0.25) is 9.35 Å². The van der Waals surface area contributed by atoms with Crippen molar-refractivity contribution in [2.75, 3.05) is 0 Å². The summed E-state index contributed by atoms with van der Waals surface area (Å²) >= 11 is 0. The molecule has 84 valence electrons. The molecule has 0 aromatic heterocycles. The zero-order chi connectivity index (χ0) is 11.8. The van der Waals surface area contributed by atoms with E-state index in [1.807, 2.05) is 0 Å². The number of rotatable bonds is 2. The van der Waals surface area contributed by atoms with Gasteiger partial charge in [0.05, 0.1) is 0 Å². The molecule has 6 heteroatoms. The van der Waals surface area contributed by atoms with Crippen LogP contribution in [-0.4, -0.2) is 19.3 Å². The smallest absolute Gasteiger partial charge is 1.00 e. The van der Waals surface area contributed by atoms with Crippen LogP contribution < -0.4 is 29.6 Å². The molecule has 0 bridgehead atoms. The van der Waals surface area contributed by atoms with Crippen LogP contribution in [0.3, 0.4) is 0 Å². The zero-order valence-corrected chi connectivity index (χ0v) is 11.9. The molecule has 2 rings (SSSR count). The third-order valence-electron chi connectivity index (χ3n) is 2.33. The van der Waals surface area contributed by atoms with Crippen LogP contribution in [0.15, 0.2) is 41.3 Å². The largest absolute Gasteiger partial charge is 1.00 e. The van der Waals surface area contributed by atoms with Gasteiger partial charge in [-0.2, -0.15) is 8.42 Å². The molecule has 0 unspecified atom stereocenters. The molecule has 0 saturated carbocycles. The maximum atomic E-state index is 11.1. The Morgan fingerprint density at radius 3 is 2.35 bits per heavy atom. The van der Waals surface area contributed by atoms with Gasteiger partial charge >= 0.3 is 29.6 Å². The molecule has 0 saturated heterocycles. The van der Waals surface area contributed by atoms with Crippen molar-refractivity contribution in [1.82, 2.24) is 0 Å². The fourth-order valence-corrected chi connectivity index (χ4v) is 2.30. The third-order valence-corrected chi connectivity index (χ3v) is 3.24. The van der Waals surface area contributed by atoms with E-state index in [0.717, 1.165) is 5.39 Å². The average Bonchev–Trinajstić information content (AvgIpc) is 2.26. The van der Waals surface area contributed by atoms with Crippen molar-refractivity contribution in [3.8, 4) is 0 Å². The van der Waals surface area contributed by atoms with E-state index in [1.165, 1.54) is 6.07 Å². The molecule has 2 aromatic carbocycles. The van der Waals surface area contributed by atoms with Crippen LogP contribution in [0.4, 0.5) is 0 Å². The summed E-state index contributed by atoms with van der Waals surface area (Å²) in [5.74, 6) is 0. The molecule has 17 heavy (non-hydrogen) atoms. The van der Waals surface area contributed by atoms with E-state index in [9.17, 15) is 13.2 Å². The van der Waals surface area contributed by atoms with Crippen LogP contribution in [0.2, 0.25) is 0 Å². The first-order valence-corrected chi connectivity index (χ1v) is 5.92. The van der Waals surface area contributed by atoms with Gasteiger partial charge in [0, 0.05) is 5.56 Å². The summed E-state index contributed by atoms with van der Waals surface area (Å²) in [6, 6.07) is 9.64. The maximum Gasteiger partial charge on any atom is 1.00 e. The Morgan fingerprint density at radius 2 is 1.76 bits per heavy atom. The predicted octanol–water partition coefficient (Wildman–Crippen LogP) is -0.985. The van der Waals surface area contributed by atoms with Gasteiger partial charge in [0.25, 0.3) is 10.1 Å². The quantitative estimate of drug-likeness (QED) is 0.428. The zero-order valence-electron chi connectivity index (χ0n) is 10.1. The summed E-state index contributed by atoms with van der Waals surface area (Å²) < 4.78 is 31.1. The maximum absolute atomic E-state index is 11.1. The van der Waals surface area contributed by atoms with Crippen molar-refractivity contribution in [1.29, 1.82) is 0 Å². The number of carbonyl (C=O) groups is 1. The van der Waals surface area contributed by atoms with E-state index >= 15 is 0 Å². The first-order chi connectivity index (χ1) is 7.54. The SMILES string of the molecule is O=Cc1c(S(=O)(=O)O)ccc2ccccc12.[H-].[Na+]. The molecular formula is C11H9NaO4S. The summed E-state index contributed by atoms with van der Waals surface area (Å²) in [6.45, 7) is 0. The summed E-state index contributed by atoms with van der Waals surface area (Å²) in [6.07, 6.45) is 0.436. The number of hydrogen-bond donors (Lipinski definition) is 1. The summed E-state index contributed by atoms with van der Waals surface area (Å²) in [5, 5.41) is 1.25. The van der Waals surface area contributed by atoms with Crippen molar-refractivity contribution in [2.24, 2.45) is 0 Å². The van der Waals surface area contributed by atoms with Crippen molar-refractivity contribution in [3.63, 3.8) is 0 Å². The van der Waals surface area contributed by atoms with Gasteiger partial charge < -0.3 is 1.43 Å². The number of carbonyl (C=O) groups excluding carboxylic acids is 1. The van der Waals surface area contributed by atoms with E-state index in [0.29, 0.717) is 11.7 Å². The number of fused-ring (bicyclic) bond motifs is 1. The minimum absolute atomic E-state index is 0. The topological polar surface area (TPSA) is 71.4 Å². The van der Waals surface area contributed by atoms with Crippen LogP contribution in [0.25, 0.3) is 10.8 Å². The fourth-order valence-electron chi connectivity index (χ4n) is 1.62. The molecule has 0 aliphatic heterocycles. The van der Waals surface area contributed by atoms with E-state index < -0.39 is 10.1 Å². The summed E-state index contributed by atoms with van der Waals surface area (Å²) in [5.41, 5.74) is -0.0133. The van der Waals surface area contributed by atoms with Gasteiger partial charge in [-0.15, -0.1) is 0 Å². The second kappa shape index (κ2) is 5.29. The first kappa shape index (κ1) is 14.3. The monoisotopic (exact) mass is 260 g/mol. The number of hydrogen-bond acceptors (Lipinski definition) is 3.